The van der Waals surface area contributed by atoms with Gasteiger partial charge in [-0.25, -0.2) is 9.97 Å². The van der Waals surface area contributed by atoms with E-state index < -0.39 is 0 Å². The van der Waals surface area contributed by atoms with Gasteiger partial charge in [-0.2, -0.15) is 5.26 Å². The van der Waals surface area contributed by atoms with Gasteiger partial charge >= 0.3 is 0 Å². The Labute approximate surface area is 153 Å². The molecule has 4 aromatic rings. The highest BCUT2D eigenvalue weighted by Crippen LogP contribution is 2.25. The van der Waals surface area contributed by atoms with Crippen molar-refractivity contribution in [2.45, 2.75) is 0 Å². The van der Waals surface area contributed by atoms with Gasteiger partial charge < -0.3 is 4.57 Å². The summed E-state index contributed by atoms with van der Waals surface area (Å²) in [6.45, 7) is 0. The molecule has 2 aromatic carbocycles. The Morgan fingerprint density at radius 3 is 2.81 bits per heavy atom. The zero-order valence-corrected chi connectivity index (χ0v) is 14.4. The largest absolute Gasteiger partial charge is 0.306 e. The fraction of sp³-hybridized carbons (Fsp3) is 0. The third kappa shape index (κ3) is 2.92. The molecule has 26 heavy (non-hydrogen) atoms. The van der Waals surface area contributed by atoms with Gasteiger partial charge in [-0.05, 0) is 29.3 Å². The molecule has 0 radical (unpaired) electrons. The van der Waals surface area contributed by atoms with Gasteiger partial charge in [0, 0.05) is 23.5 Å². The van der Waals surface area contributed by atoms with Crippen molar-refractivity contribution in [3.05, 3.63) is 88.9 Å². The molecule has 6 heteroatoms. The molecule has 4 rings (SSSR count). The van der Waals surface area contributed by atoms with E-state index in [0.29, 0.717) is 16.3 Å². The highest BCUT2D eigenvalue weighted by molar-refractivity contribution is 7.11. The van der Waals surface area contributed by atoms with Crippen molar-refractivity contribution in [2.24, 2.45) is 0 Å². The minimum atomic E-state index is -0.190. The van der Waals surface area contributed by atoms with Crippen molar-refractivity contribution < 1.29 is 4.79 Å². The van der Waals surface area contributed by atoms with Gasteiger partial charge in [0.1, 0.15) is 12.0 Å². The summed E-state index contributed by atoms with van der Waals surface area (Å²) < 4.78 is 1.79. The van der Waals surface area contributed by atoms with E-state index in [-0.39, 0.29) is 5.78 Å². The van der Waals surface area contributed by atoms with Crippen molar-refractivity contribution in [1.29, 1.82) is 5.26 Å². The van der Waals surface area contributed by atoms with Crippen molar-refractivity contribution in [3.8, 4) is 22.9 Å². The van der Waals surface area contributed by atoms with E-state index in [1.54, 1.807) is 34.7 Å². The minimum Gasteiger partial charge on any atom is -0.306 e. The number of hydrogen-bond acceptors (Lipinski definition) is 5. The Kier molecular flexibility index (Phi) is 4.14. The first kappa shape index (κ1) is 15.9. The van der Waals surface area contributed by atoms with Gasteiger partial charge in [0.05, 0.1) is 11.6 Å². The lowest BCUT2D eigenvalue weighted by Gasteiger charge is -2.07. The number of hydrogen-bond donors (Lipinski definition) is 0. The molecule has 0 unspecified atom stereocenters. The van der Waals surface area contributed by atoms with Crippen LogP contribution in [0.25, 0.3) is 16.8 Å². The van der Waals surface area contributed by atoms with Gasteiger partial charge in [0.2, 0.25) is 5.78 Å². The summed E-state index contributed by atoms with van der Waals surface area (Å²) in [5.74, 6) is -0.190. The number of carbonyl (C=O) groups is 1. The molecule has 0 spiro atoms. The number of rotatable bonds is 4. The van der Waals surface area contributed by atoms with Crippen molar-refractivity contribution >= 4 is 17.1 Å². The van der Waals surface area contributed by atoms with Crippen LogP contribution in [0.3, 0.4) is 0 Å². The number of ketones is 1. The van der Waals surface area contributed by atoms with E-state index in [0.717, 1.165) is 16.8 Å². The number of carbonyl (C=O) groups excluding carboxylic acids is 1. The molecule has 0 N–H and O–H groups in total. The van der Waals surface area contributed by atoms with Gasteiger partial charge in [-0.15, -0.1) is 11.3 Å². The Hall–Kier alpha value is -3.56. The lowest BCUT2D eigenvalue weighted by molar-refractivity contribution is 0.103. The Bertz CT molecular complexity index is 1120. The second-order valence-electron chi connectivity index (χ2n) is 5.54. The molecule has 124 valence electrons. The Balaban J connectivity index is 1.70. The monoisotopic (exact) mass is 356 g/mol. The van der Waals surface area contributed by atoms with Gasteiger partial charge in [-0.1, -0.05) is 30.3 Å². The third-order valence-electron chi connectivity index (χ3n) is 3.94. The van der Waals surface area contributed by atoms with Crippen LogP contribution in [0, 0.1) is 11.3 Å². The first-order valence-electron chi connectivity index (χ1n) is 7.84. The van der Waals surface area contributed by atoms with Crippen molar-refractivity contribution in [1.82, 2.24) is 14.5 Å². The van der Waals surface area contributed by atoms with Crippen LogP contribution in [0.15, 0.2) is 72.6 Å². The van der Waals surface area contributed by atoms with Crippen LogP contribution in [-0.2, 0) is 0 Å². The summed E-state index contributed by atoms with van der Waals surface area (Å²) in [5.41, 5.74) is 3.64. The molecular formula is C20H12N4OS. The minimum absolute atomic E-state index is 0.190. The first-order valence-corrected chi connectivity index (χ1v) is 8.72. The van der Waals surface area contributed by atoms with Gasteiger partial charge in [-0.3, -0.25) is 4.79 Å². The van der Waals surface area contributed by atoms with E-state index in [9.17, 15) is 10.1 Å². The summed E-state index contributed by atoms with van der Waals surface area (Å²) in [6, 6.07) is 17.5. The third-order valence-corrected chi connectivity index (χ3v) is 4.72. The van der Waals surface area contributed by atoms with Crippen LogP contribution < -0.4 is 0 Å². The summed E-state index contributed by atoms with van der Waals surface area (Å²) in [5, 5.41) is 11.5. The van der Waals surface area contributed by atoms with Crippen LogP contribution in [0.5, 0.6) is 0 Å². The lowest BCUT2D eigenvalue weighted by atomic mass is 10.00. The zero-order valence-electron chi connectivity index (χ0n) is 13.5. The molecule has 0 aliphatic carbocycles. The SMILES string of the molecule is N#Cc1ccccc1-c1cccc(-n2cnc(C(=O)c3nccs3)c2)c1. The fourth-order valence-electron chi connectivity index (χ4n) is 2.69. The predicted molar refractivity (Wildman–Crippen MR) is 99.3 cm³/mol. The standard InChI is InChI=1S/C20H12N4OS/c21-11-15-4-1-2-7-17(15)14-5-3-6-16(10-14)24-12-18(23-13-24)19(25)20-22-8-9-26-20/h1-10,12-13H. The molecule has 5 nitrogen and oxygen atoms in total. The predicted octanol–water partition coefficient (Wildman–Crippen LogP) is 4.10. The number of nitrogens with zero attached hydrogens (tertiary/aromatic N) is 4. The molecule has 0 aliphatic heterocycles. The highest BCUT2D eigenvalue weighted by atomic mass is 32.1. The average Bonchev–Trinajstić information content (AvgIpc) is 3.39. The molecule has 0 aliphatic rings. The number of benzene rings is 2. The molecule has 0 saturated carbocycles. The fourth-order valence-corrected chi connectivity index (χ4v) is 3.28. The zero-order chi connectivity index (χ0) is 17.9. The maximum atomic E-state index is 12.4. The van der Waals surface area contributed by atoms with E-state index in [1.807, 2.05) is 42.5 Å². The Morgan fingerprint density at radius 1 is 1.12 bits per heavy atom. The smallest absolute Gasteiger partial charge is 0.241 e. The second-order valence-corrected chi connectivity index (χ2v) is 6.43. The molecule has 0 bridgehead atoms. The molecular weight excluding hydrogens is 344 g/mol. The van der Waals surface area contributed by atoms with Crippen LogP contribution in [-0.4, -0.2) is 20.3 Å². The van der Waals surface area contributed by atoms with Crippen LogP contribution in [0.1, 0.15) is 21.1 Å². The van der Waals surface area contributed by atoms with E-state index in [2.05, 4.69) is 16.0 Å². The number of imidazole rings is 1. The normalized spacial score (nSPS) is 10.4. The summed E-state index contributed by atoms with van der Waals surface area (Å²) in [6.07, 6.45) is 4.90. The molecule has 0 atom stereocenters. The molecule has 0 fully saturated rings. The molecule has 2 heterocycles. The molecule has 0 amide bonds. The van der Waals surface area contributed by atoms with Gasteiger partial charge in [0.25, 0.3) is 0 Å². The number of aromatic nitrogens is 3. The first-order chi connectivity index (χ1) is 12.8. The molecule has 2 aromatic heterocycles. The summed E-state index contributed by atoms with van der Waals surface area (Å²) >= 11 is 1.29. The second kappa shape index (κ2) is 6.75. The average molecular weight is 356 g/mol. The van der Waals surface area contributed by atoms with Gasteiger partial charge in [0.15, 0.2) is 5.01 Å². The molecule has 0 saturated heterocycles. The number of thiazole rings is 1. The van der Waals surface area contributed by atoms with E-state index >= 15 is 0 Å². The number of nitriles is 1. The van der Waals surface area contributed by atoms with Crippen molar-refractivity contribution in [2.75, 3.05) is 0 Å². The Morgan fingerprint density at radius 2 is 2.00 bits per heavy atom. The van der Waals surface area contributed by atoms with E-state index in [1.165, 1.54) is 11.3 Å². The van der Waals surface area contributed by atoms with Crippen LogP contribution in [0.4, 0.5) is 0 Å². The van der Waals surface area contributed by atoms with Crippen LogP contribution in [0.2, 0.25) is 0 Å². The maximum absolute atomic E-state index is 12.4. The van der Waals surface area contributed by atoms with Crippen molar-refractivity contribution in [3.63, 3.8) is 0 Å². The van der Waals surface area contributed by atoms with Crippen LogP contribution >= 0.6 is 11.3 Å². The van der Waals surface area contributed by atoms with E-state index in [4.69, 9.17) is 0 Å². The summed E-state index contributed by atoms with van der Waals surface area (Å²) in [7, 11) is 0. The topological polar surface area (TPSA) is 71.6 Å². The summed E-state index contributed by atoms with van der Waals surface area (Å²) in [4.78, 5) is 20.6. The quantitative estimate of drug-likeness (QED) is 0.516. The highest BCUT2D eigenvalue weighted by Gasteiger charge is 2.15. The maximum Gasteiger partial charge on any atom is 0.241 e. The lowest BCUT2D eigenvalue weighted by Crippen LogP contribution is -2.00.